The smallest absolute Gasteiger partial charge is 0.351 e. The van der Waals surface area contributed by atoms with Gasteiger partial charge in [0, 0.05) is 30.9 Å². The first-order valence-corrected chi connectivity index (χ1v) is 11.5. The van der Waals surface area contributed by atoms with Crippen LogP contribution in [0.2, 0.25) is 0 Å². The summed E-state index contributed by atoms with van der Waals surface area (Å²) in [5, 5.41) is 29.4. The molecule has 1 aliphatic rings. The van der Waals surface area contributed by atoms with Gasteiger partial charge >= 0.3 is 5.97 Å². The summed E-state index contributed by atoms with van der Waals surface area (Å²) in [6, 6.07) is 12.1. The molecule has 1 atom stereocenters. The van der Waals surface area contributed by atoms with Crippen molar-refractivity contribution in [3.05, 3.63) is 48.0 Å². The largest absolute Gasteiger partial charge is 0.539 e. The number of likely N-dealkylation sites (N-methyl/N-ethyl adjacent to an activating group) is 1. The Kier molecular flexibility index (Phi) is 11.6. The molecule has 2 aromatic rings. The lowest BCUT2D eigenvalue weighted by molar-refractivity contribution is -0.884. The zero-order valence-electron chi connectivity index (χ0n) is 21.1. The van der Waals surface area contributed by atoms with E-state index in [1.807, 2.05) is 0 Å². The predicted molar refractivity (Wildman–Crippen MR) is 131 cm³/mol. The number of benzene rings is 2. The summed E-state index contributed by atoms with van der Waals surface area (Å²) in [7, 11) is 5.27. The normalized spacial score (nSPS) is 14.5. The third kappa shape index (κ3) is 9.95. The van der Waals surface area contributed by atoms with E-state index in [1.54, 1.807) is 49.6 Å². The molecule has 3 rings (SSSR count). The van der Waals surface area contributed by atoms with Crippen molar-refractivity contribution >= 4 is 23.5 Å². The molecular weight excluding hydrogens is 486 g/mol. The van der Waals surface area contributed by atoms with Crippen molar-refractivity contribution in [2.24, 2.45) is 0 Å². The highest BCUT2D eigenvalue weighted by atomic mass is 16.5. The van der Waals surface area contributed by atoms with Crippen molar-refractivity contribution in [2.75, 3.05) is 65.9 Å². The Morgan fingerprint density at radius 2 is 1.65 bits per heavy atom. The fraction of sp³-hybridized carbons (Fsp3) is 0.400. The summed E-state index contributed by atoms with van der Waals surface area (Å²) in [6.45, 7) is 5.05. The van der Waals surface area contributed by atoms with E-state index < -0.39 is 18.0 Å². The molecule has 37 heavy (non-hydrogen) atoms. The molecule has 0 aliphatic carbocycles. The number of carboxylic acid groups (broad SMARTS) is 2. The minimum absolute atomic E-state index is 0.233. The number of quaternary nitrogens is 1. The second-order valence-electron chi connectivity index (χ2n) is 8.36. The van der Waals surface area contributed by atoms with Crippen LogP contribution in [0.15, 0.2) is 42.5 Å². The van der Waals surface area contributed by atoms with Gasteiger partial charge in [0.25, 0.3) is 5.91 Å². The molecule has 0 saturated carbocycles. The van der Waals surface area contributed by atoms with Gasteiger partial charge in [0.05, 0.1) is 34.4 Å². The van der Waals surface area contributed by atoms with Gasteiger partial charge in [-0.25, -0.2) is 4.79 Å². The molecule has 1 unspecified atom stereocenters. The van der Waals surface area contributed by atoms with Crippen LogP contribution in [0.3, 0.4) is 0 Å². The summed E-state index contributed by atoms with van der Waals surface area (Å²) in [5.74, 6) is -2.55. The highest BCUT2D eigenvalue weighted by Gasteiger charge is 2.19. The quantitative estimate of drug-likeness (QED) is 0.282. The van der Waals surface area contributed by atoms with Crippen molar-refractivity contribution in [1.29, 1.82) is 0 Å². The van der Waals surface area contributed by atoms with Crippen LogP contribution in [0.25, 0.3) is 0 Å². The first-order valence-electron chi connectivity index (χ1n) is 11.5. The second-order valence-corrected chi connectivity index (χ2v) is 8.36. The van der Waals surface area contributed by atoms with Crippen LogP contribution in [0, 0.1) is 0 Å². The number of amides is 1. The van der Waals surface area contributed by atoms with Gasteiger partial charge < -0.3 is 44.5 Å². The molecule has 4 N–H and O–H groups in total. The maximum Gasteiger partial charge on any atom is 0.351 e. The standard InChI is InChI=1S/C23H31N3O5.C2H2O4/c1-25-10-12-26(13-11-25)15-19(27)16-31-20-7-5-18(6-8-20)24-23(28)17-4-9-21(29-2)22(14-17)30-3;3-1(4)2(5)6/h4-9,14,19,27H,10-13,15-16H2,1-3H3,(H,24,28);(H,3,4)(H,5,6). The van der Waals surface area contributed by atoms with Gasteiger partial charge in [0.15, 0.2) is 17.5 Å². The summed E-state index contributed by atoms with van der Waals surface area (Å²) in [4.78, 5) is 34.3. The lowest BCUT2D eigenvalue weighted by Gasteiger charge is -2.31. The molecule has 12 nitrogen and oxygen atoms in total. The van der Waals surface area contributed by atoms with Gasteiger partial charge in [-0.3, -0.25) is 9.69 Å². The lowest BCUT2D eigenvalue weighted by atomic mass is 10.2. The molecule has 0 spiro atoms. The first kappa shape index (κ1) is 29.4. The third-order valence-electron chi connectivity index (χ3n) is 5.55. The lowest BCUT2D eigenvalue weighted by Crippen LogP contribution is -3.12. The van der Waals surface area contributed by atoms with Crippen LogP contribution in [0.1, 0.15) is 10.4 Å². The molecule has 0 bridgehead atoms. The zero-order chi connectivity index (χ0) is 27.4. The number of nitrogens with zero attached hydrogens (tertiary/aromatic N) is 1. The molecule has 0 radical (unpaired) electrons. The number of carboxylic acids is 2. The van der Waals surface area contributed by atoms with E-state index in [2.05, 4.69) is 17.3 Å². The fourth-order valence-electron chi connectivity index (χ4n) is 3.48. The molecule has 202 valence electrons. The number of hydrogen-bond donors (Lipinski definition) is 4. The van der Waals surface area contributed by atoms with Crippen LogP contribution in [-0.4, -0.2) is 99.7 Å². The van der Waals surface area contributed by atoms with E-state index in [1.165, 1.54) is 12.0 Å². The Hall–Kier alpha value is -3.87. The van der Waals surface area contributed by atoms with E-state index in [0.29, 0.717) is 35.0 Å². The zero-order valence-corrected chi connectivity index (χ0v) is 21.1. The van der Waals surface area contributed by atoms with Crippen molar-refractivity contribution < 1.29 is 48.8 Å². The number of hydrogen-bond acceptors (Lipinski definition) is 9. The number of methoxy groups -OCH3 is 2. The Balaban J connectivity index is 0.000000717. The Morgan fingerprint density at radius 3 is 2.19 bits per heavy atom. The SMILES string of the molecule is COc1ccc(C(=O)Nc2ccc(OCC(O)CN3CC[NH+](C)CC3)cc2)cc1OC.O=C([O-])C(=O)O. The molecule has 1 fully saturated rings. The maximum absolute atomic E-state index is 12.5. The summed E-state index contributed by atoms with van der Waals surface area (Å²) in [6.07, 6.45) is -0.539. The summed E-state index contributed by atoms with van der Waals surface area (Å²) < 4.78 is 16.1. The van der Waals surface area contributed by atoms with Crippen LogP contribution >= 0.6 is 0 Å². The number of rotatable bonds is 9. The third-order valence-corrected chi connectivity index (χ3v) is 5.55. The molecule has 1 amide bonds. The van der Waals surface area contributed by atoms with E-state index in [0.717, 1.165) is 26.2 Å². The number of aliphatic hydroxyl groups excluding tert-OH is 1. The van der Waals surface area contributed by atoms with Crippen molar-refractivity contribution in [3.8, 4) is 17.2 Å². The second kappa shape index (κ2) is 14.6. The van der Waals surface area contributed by atoms with Crippen molar-refractivity contribution in [1.82, 2.24) is 4.90 Å². The number of aliphatic hydroxyl groups is 1. The number of aliphatic carboxylic acids is 2. The molecule has 12 heteroatoms. The first-order chi connectivity index (χ1) is 17.6. The van der Waals surface area contributed by atoms with E-state index >= 15 is 0 Å². The molecule has 2 aromatic carbocycles. The number of carbonyl (C=O) groups excluding carboxylic acids is 2. The number of nitrogens with one attached hydrogen (secondary N) is 2. The average Bonchev–Trinajstić information content (AvgIpc) is 2.89. The van der Waals surface area contributed by atoms with Gasteiger partial charge in [0.1, 0.15) is 18.5 Å². The minimum atomic E-state index is -2.07. The van der Waals surface area contributed by atoms with E-state index in [4.69, 9.17) is 34.0 Å². The molecule has 0 aromatic heterocycles. The van der Waals surface area contributed by atoms with Gasteiger partial charge in [-0.05, 0) is 42.5 Å². The Morgan fingerprint density at radius 1 is 1.05 bits per heavy atom. The van der Waals surface area contributed by atoms with Gasteiger partial charge in [-0.2, -0.15) is 0 Å². The molecule has 1 aliphatic heterocycles. The van der Waals surface area contributed by atoms with Gasteiger partial charge in [0.2, 0.25) is 0 Å². The molecule has 1 saturated heterocycles. The van der Waals surface area contributed by atoms with E-state index in [-0.39, 0.29) is 12.5 Å². The minimum Gasteiger partial charge on any atom is -0.539 e. The topological polar surface area (TPSA) is 162 Å². The fourth-order valence-corrected chi connectivity index (χ4v) is 3.48. The van der Waals surface area contributed by atoms with Gasteiger partial charge in [-0.15, -0.1) is 0 Å². The molecular formula is C25H33N3O9. The number of carbonyl (C=O) groups is 3. The summed E-state index contributed by atoms with van der Waals surface area (Å²) >= 11 is 0. The number of β-amino-alcohol motifs (C(OH)–C–C–N with tert-alkyl or cyclic N) is 1. The van der Waals surface area contributed by atoms with E-state index in [9.17, 15) is 9.90 Å². The van der Waals surface area contributed by atoms with Crippen LogP contribution in [-0.2, 0) is 9.59 Å². The Labute approximate surface area is 215 Å². The van der Waals surface area contributed by atoms with Crippen LogP contribution in [0.4, 0.5) is 5.69 Å². The molecule has 1 heterocycles. The van der Waals surface area contributed by atoms with Gasteiger partial charge in [-0.1, -0.05) is 0 Å². The monoisotopic (exact) mass is 519 g/mol. The maximum atomic E-state index is 12.5. The summed E-state index contributed by atoms with van der Waals surface area (Å²) in [5.41, 5.74) is 1.11. The Bertz CT molecular complexity index is 1030. The average molecular weight is 520 g/mol. The van der Waals surface area contributed by atoms with Crippen molar-refractivity contribution in [2.45, 2.75) is 6.10 Å². The number of anilines is 1. The number of piperazine rings is 1. The number of ether oxygens (including phenoxy) is 3. The predicted octanol–water partition coefficient (Wildman–Crippen LogP) is -1.65. The highest BCUT2D eigenvalue weighted by molar-refractivity contribution is 6.26. The highest BCUT2D eigenvalue weighted by Crippen LogP contribution is 2.28. The van der Waals surface area contributed by atoms with Crippen molar-refractivity contribution in [3.63, 3.8) is 0 Å². The van der Waals surface area contributed by atoms with Crippen LogP contribution in [0.5, 0.6) is 17.2 Å². The van der Waals surface area contributed by atoms with Crippen LogP contribution < -0.4 is 29.5 Å².